The van der Waals surface area contributed by atoms with Gasteiger partial charge in [0.2, 0.25) is 0 Å². The van der Waals surface area contributed by atoms with E-state index < -0.39 is 0 Å². The summed E-state index contributed by atoms with van der Waals surface area (Å²) in [4.78, 5) is 30.9. The molecule has 0 aliphatic carbocycles. The van der Waals surface area contributed by atoms with Crippen LogP contribution >= 0.6 is 0 Å². The van der Waals surface area contributed by atoms with Gasteiger partial charge in [-0.3, -0.25) is 14.5 Å². The van der Waals surface area contributed by atoms with Crippen LogP contribution < -0.4 is 4.90 Å². The number of aryl methyl sites for hydroxylation is 2. The Morgan fingerprint density at radius 2 is 1.73 bits per heavy atom. The van der Waals surface area contributed by atoms with Crippen molar-refractivity contribution in [2.75, 3.05) is 4.90 Å². The van der Waals surface area contributed by atoms with Crippen LogP contribution in [-0.4, -0.2) is 21.2 Å². The van der Waals surface area contributed by atoms with E-state index in [4.69, 9.17) is 0 Å². The third-order valence-corrected chi connectivity index (χ3v) is 3.98. The van der Waals surface area contributed by atoms with Gasteiger partial charge < -0.3 is 4.57 Å². The molecular weight excluding hydrogens is 326 g/mol. The Balaban J connectivity index is 1.94. The van der Waals surface area contributed by atoms with E-state index in [0.717, 1.165) is 5.56 Å². The van der Waals surface area contributed by atoms with Crippen LogP contribution in [0.25, 0.3) is 0 Å². The van der Waals surface area contributed by atoms with Crippen LogP contribution in [0.3, 0.4) is 0 Å². The number of carbonyl (C=O) groups excluding carboxylic acids is 2. The largest absolute Gasteiger partial charge is 0.330 e. The normalized spacial score (nSPS) is 10.8. The van der Waals surface area contributed by atoms with Gasteiger partial charge in [0.25, 0.3) is 5.91 Å². The van der Waals surface area contributed by atoms with Crippen molar-refractivity contribution < 1.29 is 9.59 Å². The number of aromatic nitrogens is 2. The van der Waals surface area contributed by atoms with Crippen molar-refractivity contribution in [3.05, 3.63) is 96.2 Å². The molecule has 130 valence electrons. The Kier molecular flexibility index (Phi) is 5.08. The van der Waals surface area contributed by atoms with Crippen LogP contribution in [0.1, 0.15) is 26.5 Å². The maximum atomic E-state index is 12.9. The highest BCUT2D eigenvalue weighted by molar-refractivity contribution is 6.08. The second-order valence-corrected chi connectivity index (χ2v) is 5.92. The maximum absolute atomic E-state index is 12.9. The molecule has 5 heteroatoms. The number of imidazole rings is 1. The van der Waals surface area contributed by atoms with E-state index in [9.17, 15) is 9.59 Å². The molecule has 0 bridgehead atoms. The Labute approximate surface area is 152 Å². The molecule has 0 radical (unpaired) electrons. The number of rotatable bonds is 5. The summed E-state index contributed by atoms with van der Waals surface area (Å²) in [6, 6.07) is 16.5. The number of anilines is 1. The molecule has 0 N–H and O–H groups in total. The predicted molar refractivity (Wildman–Crippen MR) is 101 cm³/mol. The first-order valence-electron chi connectivity index (χ1n) is 8.21. The number of nitrogens with zero attached hydrogens (tertiary/aromatic N) is 3. The topological polar surface area (TPSA) is 55.2 Å². The predicted octanol–water partition coefficient (Wildman–Crippen LogP) is 3.77. The highest BCUT2D eigenvalue weighted by atomic mass is 16.2. The van der Waals surface area contributed by atoms with Crippen molar-refractivity contribution in [1.29, 1.82) is 0 Å². The Bertz CT molecular complexity index is 941. The van der Waals surface area contributed by atoms with Crippen molar-refractivity contribution >= 4 is 17.4 Å². The second-order valence-electron chi connectivity index (χ2n) is 5.92. The van der Waals surface area contributed by atoms with Crippen LogP contribution in [0.5, 0.6) is 0 Å². The summed E-state index contributed by atoms with van der Waals surface area (Å²) >= 11 is 0. The number of hydrogen-bond acceptors (Lipinski definition) is 3. The van der Waals surface area contributed by atoms with Gasteiger partial charge in [0.15, 0.2) is 11.6 Å². The Hall–Kier alpha value is -3.47. The summed E-state index contributed by atoms with van der Waals surface area (Å²) in [5, 5.41) is 0. The van der Waals surface area contributed by atoms with E-state index in [2.05, 4.69) is 4.98 Å². The van der Waals surface area contributed by atoms with Crippen molar-refractivity contribution in [3.8, 4) is 0 Å². The molecular formula is C21H19N3O2. The minimum absolute atomic E-state index is 0.171. The molecule has 2 aromatic carbocycles. The third-order valence-electron chi connectivity index (χ3n) is 3.98. The minimum Gasteiger partial charge on any atom is -0.330 e. The second kappa shape index (κ2) is 7.61. The molecule has 0 saturated heterocycles. The number of allylic oxidation sites excluding steroid dienone is 1. The first-order valence-corrected chi connectivity index (χ1v) is 8.21. The summed E-state index contributed by atoms with van der Waals surface area (Å²) in [5.74, 6) is -0.184. The molecule has 3 aromatic rings. The molecule has 5 nitrogen and oxygen atoms in total. The maximum Gasteiger partial charge on any atom is 0.298 e. The zero-order valence-corrected chi connectivity index (χ0v) is 14.7. The molecule has 0 spiro atoms. The lowest BCUT2D eigenvalue weighted by Gasteiger charge is -2.18. The van der Waals surface area contributed by atoms with Crippen molar-refractivity contribution in [2.45, 2.75) is 6.92 Å². The summed E-state index contributed by atoms with van der Waals surface area (Å²) in [6.07, 6.45) is 6.17. The molecule has 3 rings (SSSR count). The summed E-state index contributed by atoms with van der Waals surface area (Å²) < 4.78 is 1.65. The van der Waals surface area contributed by atoms with Crippen LogP contribution in [-0.2, 0) is 7.05 Å². The lowest BCUT2D eigenvalue weighted by molar-refractivity contribution is 0.0985. The molecule has 1 heterocycles. The number of benzene rings is 2. The smallest absolute Gasteiger partial charge is 0.298 e. The zero-order valence-electron chi connectivity index (χ0n) is 14.7. The fourth-order valence-electron chi connectivity index (χ4n) is 2.50. The van der Waals surface area contributed by atoms with Crippen molar-refractivity contribution in [1.82, 2.24) is 9.55 Å². The van der Waals surface area contributed by atoms with Crippen LogP contribution in [0.2, 0.25) is 0 Å². The summed E-state index contributed by atoms with van der Waals surface area (Å²) in [7, 11) is 1.76. The van der Waals surface area contributed by atoms with Crippen LogP contribution in [0.15, 0.2) is 79.3 Å². The minimum atomic E-state index is -0.307. The van der Waals surface area contributed by atoms with Gasteiger partial charge in [-0.1, -0.05) is 48.0 Å². The fraction of sp³-hybridized carbons (Fsp3) is 0.0952. The van der Waals surface area contributed by atoms with E-state index in [0.29, 0.717) is 17.1 Å². The zero-order chi connectivity index (χ0) is 18.5. The van der Waals surface area contributed by atoms with Crippen molar-refractivity contribution in [3.63, 3.8) is 0 Å². The fourth-order valence-corrected chi connectivity index (χ4v) is 2.50. The van der Waals surface area contributed by atoms with Gasteiger partial charge in [0, 0.05) is 43.0 Å². The lowest BCUT2D eigenvalue weighted by Crippen LogP contribution is -2.28. The molecule has 26 heavy (non-hydrogen) atoms. The Morgan fingerprint density at radius 1 is 1.04 bits per heavy atom. The van der Waals surface area contributed by atoms with E-state index in [-0.39, 0.29) is 11.7 Å². The van der Waals surface area contributed by atoms with E-state index in [1.807, 2.05) is 37.3 Å². The van der Waals surface area contributed by atoms with Crippen molar-refractivity contribution in [2.24, 2.45) is 7.05 Å². The molecule has 0 aliphatic rings. The number of amides is 1. The quantitative estimate of drug-likeness (QED) is 0.522. The molecule has 1 amide bonds. The van der Waals surface area contributed by atoms with E-state index in [1.165, 1.54) is 17.2 Å². The Morgan fingerprint density at radius 3 is 2.35 bits per heavy atom. The lowest BCUT2D eigenvalue weighted by atomic mass is 10.1. The van der Waals surface area contributed by atoms with Gasteiger partial charge in [-0.05, 0) is 19.1 Å². The van der Waals surface area contributed by atoms with Gasteiger partial charge >= 0.3 is 0 Å². The van der Waals surface area contributed by atoms with Gasteiger partial charge in [-0.2, -0.15) is 0 Å². The van der Waals surface area contributed by atoms with Crippen LogP contribution in [0, 0.1) is 6.92 Å². The number of hydrogen-bond donors (Lipinski definition) is 0. The van der Waals surface area contributed by atoms with E-state index in [1.54, 1.807) is 48.3 Å². The molecule has 0 fully saturated rings. The summed E-state index contributed by atoms with van der Waals surface area (Å²) in [6.45, 7) is 1.98. The number of ketones is 1. The molecule has 0 aliphatic heterocycles. The SMILES string of the molecule is Cc1ccc(N(/C=C/C(=O)c2ccccc2)C(=O)c2nccn2C)cc1. The first kappa shape index (κ1) is 17.4. The average Bonchev–Trinajstić information content (AvgIpc) is 3.09. The standard InChI is InChI=1S/C21H19N3O2/c1-16-8-10-18(11-9-16)24(21(26)20-22-13-15-23(20)2)14-12-19(25)17-6-4-3-5-7-17/h3-15H,1-2H3/b14-12+. The van der Waals surface area contributed by atoms with Gasteiger partial charge in [-0.25, -0.2) is 4.98 Å². The monoisotopic (exact) mass is 345 g/mol. The molecule has 0 unspecified atom stereocenters. The number of carbonyl (C=O) groups is 2. The molecule has 1 aromatic heterocycles. The van der Waals surface area contributed by atoms with Gasteiger partial charge in [0.1, 0.15) is 0 Å². The molecule has 0 atom stereocenters. The third kappa shape index (κ3) is 3.78. The highest BCUT2D eigenvalue weighted by Crippen LogP contribution is 2.18. The van der Waals surface area contributed by atoms with Crippen LogP contribution in [0.4, 0.5) is 5.69 Å². The van der Waals surface area contributed by atoms with Gasteiger partial charge in [-0.15, -0.1) is 0 Å². The summed E-state index contributed by atoms with van der Waals surface area (Å²) in [5.41, 5.74) is 2.32. The highest BCUT2D eigenvalue weighted by Gasteiger charge is 2.19. The average molecular weight is 345 g/mol. The molecule has 0 saturated carbocycles. The van der Waals surface area contributed by atoms with E-state index >= 15 is 0 Å². The van der Waals surface area contributed by atoms with Gasteiger partial charge in [0.05, 0.1) is 0 Å². The first-order chi connectivity index (χ1) is 12.6.